The van der Waals surface area contributed by atoms with Gasteiger partial charge in [-0.2, -0.15) is 26.3 Å². The van der Waals surface area contributed by atoms with E-state index in [-0.39, 0.29) is 15.2 Å². The molecular weight excluding hydrogens is 390 g/mol. The molecule has 0 bridgehead atoms. The summed E-state index contributed by atoms with van der Waals surface area (Å²) in [6, 6.07) is 0.942. The van der Waals surface area contributed by atoms with Crippen LogP contribution in [0.3, 0.4) is 0 Å². The SMILES string of the molecule is FC(F)(F)c1cc(Oc2nnc(Br)s2)cc(C(F)(F)F)c1. The fourth-order valence-electron chi connectivity index (χ4n) is 1.32. The molecule has 0 aliphatic rings. The Morgan fingerprint density at radius 1 is 0.905 bits per heavy atom. The lowest BCUT2D eigenvalue weighted by atomic mass is 10.1. The standard InChI is InChI=1S/C10H3BrF6N2OS/c11-7-18-19-8(21-7)20-6-2-4(9(12,13)14)1-5(3-6)10(15,16)17/h1-3H. The number of halogens is 7. The number of hydrogen-bond acceptors (Lipinski definition) is 4. The van der Waals surface area contributed by atoms with Gasteiger partial charge in [-0.05, 0) is 45.5 Å². The highest BCUT2D eigenvalue weighted by Gasteiger charge is 2.37. The second-order valence-corrected chi connectivity index (χ2v) is 5.88. The van der Waals surface area contributed by atoms with Gasteiger partial charge in [0.15, 0.2) is 3.92 Å². The average molecular weight is 393 g/mol. The maximum atomic E-state index is 12.6. The van der Waals surface area contributed by atoms with Crippen molar-refractivity contribution < 1.29 is 31.1 Å². The van der Waals surface area contributed by atoms with Gasteiger partial charge in [0.1, 0.15) is 5.75 Å². The van der Waals surface area contributed by atoms with Crippen LogP contribution >= 0.6 is 27.3 Å². The smallest absolute Gasteiger partial charge is 0.416 e. The summed E-state index contributed by atoms with van der Waals surface area (Å²) in [5.41, 5.74) is -2.92. The number of alkyl halides is 6. The second kappa shape index (κ2) is 5.44. The highest BCUT2D eigenvalue weighted by molar-refractivity contribution is 9.11. The van der Waals surface area contributed by atoms with Gasteiger partial charge in [0.25, 0.3) is 5.19 Å². The zero-order valence-corrected chi connectivity index (χ0v) is 12.0. The molecule has 0 N–H and O–H groups in total. The molecule has 3 nitrogen and oxygen atoms in total. The predicted molar refractivity (Wildman–Crippen MR) is 64.1 cm³/mol. The van der Waals surface area contributed by atoms with Crippen LogP contribution in [0.4, 0.5) is 26.3 Å². The predicted octanol–water partition coefficient (Wildman–Crippen LogP) is 5.13. The third-order valence-electron chi connectivity index (χ3n) is 2.15. The third kappa shape index (κ3) is 4.06. The molecule has 21 heavy (non-hydrogen) atoms. The summed E-state index contributed by atoms with van der Waals surface area (Å²) in [5, 5.41) is 6.72. The number of rotatable bonds is 2. The molecule has 0 spiro atoms. The van der Waals surface area contributed by atoms with Gasteiger partial charge in [0, 0.05) is 0 Å². The van der Waals surface area contributed by atoms with Crippen LogP contribution in [0.2, 0.25) is 0 Å². The Balaban J connectivity index is 2.45. The lowest BCUT2D eigenvalue weighted by Gasteiger charge is -2.13. The lowest BCUT2D eigenvalue weighted by Crippen LogP contribution is -2.11. The molecule has 2 aromatic rings. The average Bonchev–Trinajstić information content (AvgIpc) is 2.72. The summed E-state index contributed by atoms with van der Waals surface area (Å²) in [6.45, 7) is 0. The molecule has 0 radical (unpaired) electrons. The number of hydrogen-bond donors (Lipinski definition) is 0. The van der Waals surface area contributed by atoms with Crippen molar-refractivity contribution in [1.29, 1.82) is 0 Å². The Kier molecular flexibility index (Phi) is 4.15. The van der Waals surface area contributed by atoms with Crippen LogP contribution in [0.25, 0.3) is 0 Å². The maximum absolute atomic E-state index is 12.6. The molecule has 1 aromatic carbocycles. The minimum Gasteiger partial charge on any atom is -0.430 e. The quantitative estimate of drug-likeness (QED) is 0.664. The van der Waals surface area contributed by atoms with E-state index in [1.807, 2.05) is 0 Å². The van der Waals surface area contributed by atoms with Gasteiger partial charge in [-0.3, -0.25) is 0 Å². The molecule has 114 valence electrons. The van der Waals surface area contributed by atoms with E-state index >= 15 is 0 Å². The molecule has 0 saturated carbocycles. The van der Waals surface area contributed by atoms with E-state index in [9.17, 15) is 26.3 Å². The minimum absolute atomic E-state index is 0.0167. The first-order chi connectivity index (χ1) is 9.55. The van der Waals surface area contributed by atoms with E-state index in [4.69, 9.17) is 4.74 Å². The van der Waals surface area contributed by atoms with Crippen molar-refractivity contribution >= 4 is 27.3 Å². The summed E-state index contributed by atoms with van der Waals surface area (Å²) in [7, 11) is 0. The van der Waals surface area contributed by atoms with E-state index < -0.39 is 29.2 Å². The first kappa shape index (κ1) is 16.0. The molecule has 0 atom stereocenters. The van der Waals surface area contributed by atoms with Crippen LogP contribution in [-0.4, -0.2) is 10.2 Å². The Hall–Kier alpha value is -1.36. The van der Waals surface area contributed by atoms with E-state index in [1.54, 1.807) is 0 Å². The maximum Gasteiger partial charge on any atom is 0.416 e. The van der Waals surface area contributed by atoms with E-state index in [0.717, 1.165) is 11.3 Å². The Bertz CT molecular complexity index is 621. The van der Waals surface area contributed by atoms with E-state index in [0.29, 0.717) is 12.1 Å². The Morgan fingerprint density at radius 3 is 1.81 bits per heavy atom. The normalized spacial score (nSPS) is 12.5. The molecule has 0 saturated heterocycles. The molecule has 0 aliphatic heterocycles. The fourth-order valence-corrected chi connectivity index (χ4v) is 2.26. The van der Waals surface area contributed by atoms with Crippen LogP contribution in [0.1, 0.15) is 11.1 Å². The molecule has 0 unspecified atom stereocenters. The number of benzene rings is 1. The topological polar surface area (TPSA) is 35.0 Å². The second-order valence-electron chi connectivity index (χ2n) is 3.66. The van der Waals surface area contributed by atoms with Crippen molar-refractivity contribution in [1.82, 2.24) is 10.2 Å². The number of ether oxygens (including phenoxy) is 1. The molecule has 1 aromatic heterocycles. The summed E-state index contributed by atoms with van der Waals surface area (Å²) >= 11 is 3.76. The lowest BCUT2D eigenvalue weighted by molar-refractivity contribution is -0.143. The van der Waals surface area contributed by atoms with Crippen LogP contribution in [-0.2, 0) is 12.4 Å². The summed E-state index contributed by atoms with van der Waals surface area (Å²) in [6.07, 6.45) is -9.86. The molecule has 11 heteroatoms. The van der Waals surface area contributed by atoms with Gasteiger partial charge in [0.05, 0.1) is 11.1 Å². The minimum atomic E-state index is -4.93. The van der Waals surface area contributed by atoms with Gasteiger partial charge < -0.3 is 4.74 Å². The van der Waals surface area contributed by atoms with Crippen molar-refractivity contribution in [2.24, 2.45) is 0 Å². The van der Waals surface area contributed by atoms with Crippen LogP contribution in [0.15, 0.2) is 22.1 Å². The zero-order chi connectivity index (χ0) is 15.8. The fraction of sp³-hybridized carbons (Fsp3) is 0.200. The monoisotopic (exact) mass is 392 g/mol. The highest BCUT2D eigenvalue weighted by Crippen LogP contribution is 2.39. The van der Waals surface area contributed by atoms with Gasteiger partial charge in [0.2, 0.25) is 0 Å². The van der Waals surface area contributed by atoms with Crippen LogP contribution < -0.4 is 4.74 Å². The third-order valence-corrected chi connectivity index (χ3v) is 3.38. The van der Waals surface area contributed by atoms with Crippen molar-refractivity contribution in [3.05, 3.63) is 33.2 Å². The Labute approximate surface area is 125 Å². The molecule has 0 aliphatic carbocycles. The number of aromatic nitrogens is 2. The van der Waals surface area contributed by atoms with Gasteiger partial charge >= 0.3 is 12.4 Å². The first-order valence-electron chi connectivity index (χ1n) is 5.02. The summed E-state index contributed by atoms with van der Waals surface area (Å²) < 4.78 is 80.9. The molecule has 1 heterocycles. The van der Waals surface area contributed by atoms with Crippen molar-refractivity contribution in [2.45, 2.75) is 12.4 Å². The van der Waals surface area contributed by atoms with Crippen molar-refractivity contribution in [3.63, 3.8) is 0 Å². The van der Waals surface area contributed by atoms with E-state index in [2.05, 4.69) is 26.1 Å². The Morgan fingerprint density at radius 2 is 1.43 bits per heavy atom. The van der Waals surface area contributed by atoms with Crippen LogP contribution in [0, 0.1) is 0 Å². The largest absolute Gasteiger partial charge is 0.430 e. The first-order valence-corrected chi connectivity index (χ1v) is 6.63. The van der Waals surface area contributed by atoms with Crippen molar-refractivity contribution in [3.8, 4) is 10.9 Å². The molecule has 0 amide bonds. The van der Waals surface area contributed by atoms with E-state index in [1.165, 1.54) is 0 Å². The van der Waals surface area contributed by atoms with Crippen LogP contribution in [0.5, 0.6) is 10.9 Å². The summed E-state index contributed by atoms with van der Waals surface area (Å²) in [4.78, 5) is 0. The summed E-state index contributed by atoms with van der Waals surface area (Å²) in [5.74, 6) is -0.624. The number of nitrogens with zero attached hydrogens (tertiary/aromatic N) is 2. The van der Waals surface area contributed by atoms with Gasteiger partial charge in [-0.15, -0.1) is 5.10 Å². The zero-order valence-electron chi connectivity index (χ0n) is 9.59. The highest BCUT2D eigenvalue weighted by atomic mass is 79.9. The van der Waals surface area contributed by atoms with Gasteiger partial charge in [-0.1, -0.05) is 5.10 Å². The molecular formula is C10H3BrF6N2OS. The van der Waals surface area contributed by atoms with Gasteiger partial charge in [-0.25, -0.2) is 0 Å². The van der Waals surface area contributed by atoms with Crippen molar-refractivity contribution in [2.75, 3.05) is 0 Å². The molecule has 2 rings (SSSR count). The molecule has 0 fully saturated rings.